The first kappa shape index (κ1) is 13.3. The second-order valence-electron chi connectivity index (χ2n) is 5.46. The van der Waals surface area contributed by atoms with E-state index in [9.17, 15) is 0 Å². The summed E-state index contributed by atoms with van der Waals surface area (Å²) in [7, 11) is 0. The van der Waals surface area contributed by atoms with Crippen LogP contribution in [0.5, 0.6) is 0 Å². The maximum Gasteiger partial charge on any atom is 0.162 e. The number of likely N-dealkylation sites (tertiary alicyclic amines) is 1. The Balaban J connectivity index is 1.82. The highest BCUT2D eigenvalue weighted by molar-refractivity contribution is 4.80. The first-order valence-electron chi connectivity index (χ1n) is 6.82. The molecule has 0 aliphatic carbocycles. The van der Waals surface area contributed by atoms with Crippen LogP contribution < -0.4 is 0 Å². The molecule has 2 aliphatic rings. The van der Waals surface area contributed by atoms with Gasteiger partial charge in [0.15, 0.2) is 6.29 Å². The molecule has 3 atom stereocenters. The van der Waals surface area contributed by atoms with Crippen LogP contribution in [0.1, 0.15) is 33.1 Å². The Morgan fingerprint density at radius 3 is 2.94 bits per heavy atom. The highest BCUT2D eigenvalue weighted by Crippen LogP contribution is 2.28. The largest absolute Gasteiger partial charge is 0.396 e. The minimum Gasteiger partial charge on any atom is -0.396 e. The van der Waals surface area contributed by atoms with E-state index in [1.165, 1.54) is 19.4 Å². The molecule has 0 spiro atoms. The molecule has 0 bridgehead atoms. The number of aliphatic hydroxyl groups excluding tert-OH is 1. The van der Waals surface area contributed by atoms with Crippen LogP contribution in [0, 0.1) is 5.92 Å². The molecule has 0 radical (unpaired) electrons. The Bertz CT molecular complexity index is 235. The van der Waals surface area contributed by atoms with Crippen LogP contribution in [0.15, 0.2) is 0 Å². The van der Waals surface area contributed by atoms with Gasteiger partial charge in [-0.2, -0.15) is 0 Å². The van der Waals surface area contributed by atoms with Gasteiger partial charge >= 0.3 is 0 Å². The van der Waals surface area contributed by atoms with Crippen molar-refractivity contribution in [3.63, 3.8) is 0 Å². The van der Waals surface area contributed by atoms with E-state index < -0.39 is 0 Å². The van der Waals surface area contributed by atoms with Crippen molar-refractivity contribution in [2.24, 2.45) is 5.92 Å². The molecule has 4 nitrogen and oxygen atoms in total. The lowest BCUT2D eigenvalue weighted by atomic mass is 9.96. The molecular weight excluding hydrogens is 218 g/mol. The fourth-order valence-corrected chi connectivity index (χ4v) is 2.74. The molecule has 0 aromatic carbocycles. The number of rotatable bonds is 4. The first-order valence-corrected chi connectivity index (χ1v) is 6.82. The van der Waals surface area contributed by atoms with E-state index in [0.29, 0.717) is 25.0 Å². The van der Waals surface area contributed by atoms with Crippen molar-refractivity contribution in [1.29, 1.82) is 0 Å². The average Bonchev–Trinajstić information content (AvgIpc) is 2.78. The summed E-state index contributed by atoms with van der Waals surface area (Å²) in [6.07, 6.45) is 3.17. The second kappa shape index (κ2) is 6.14. The van der Waals surface area contributed by atoms with Gasteiger partial charge in [-0.25, -0.2) is 0 Å². The summed E-state index contributed by atoms with van der Waals surface area (Å²) in [4.78, 5) is 2.50. The zero-order chi connectivity index (χ0) is 12.3. The molecule has 2 fully saturated rings. The molecule has 2 aliphatic heterocycles. The van der Waals surface area contributed by atoms with Crippen molar-refractivity contribution in [3.8, 4) is 0 Å². The number of nitrogens with zero attached hydrogens (tertiary/aromatic N) is 1. The highest BCUT2D eigenvalue weighted by atomic mass is 16.7. The van der Waals surface area contributed by atoms with Gasteiger partial charge in [-0.1, -0.05) is 0 Å². The van der Waals surface area contributed by atoms with Gasteiger partial charge in [-0.3, -0.25) is 0 Å². The van der Waals surface area contributed by atoms with Gasteiger partial charge in [-0.15, -0.1) is 0 Å². The predicted octanol–water partition coefficient (Wildman–Crippen LogP) is 1.23. The Hall–Kier alpha value is -0.160. The molecule has 0 amide bonds. The Kier molecular flexibility index (Phi) is 4.79. The fraction of sp³-hybridized carbons (Fsp3) is 1.00. The van der Waals surface area contributed by atoms with Gasteiger partial charge in [-0.05, 0) is 39.7 Å². The van der Waals surface area contributed by atoms with E-state index in [1.807, 2.05) is 0 Å². The lowest BCUT2D eigenvalue weighted by Crippen LogP contribution is -2.44. The normalized spacial score (nSPS) is 35.6. The summed E-state index contributed by atoms with van der Waals surface area (Å²) >= 11 is 0. The van der Waals surface area contributed by atoms with E-state index in [-0.39, 0.29) is 19.0 Å². The summed E-state index contributed by atoms with van der Waals surface area (Å²) in [6.45, 7) is 7.59. The number of aliphatic hydroxyl groups is 1. The smallest absolute Gasteiger partial charge is 0.162 e. The fourth-order valence-electron chi connectivity index (χ4n) is 2.74. The van der Waals surface area contributed by atoms with Crippen LogP contribution in [-0.2, 0) is 9.47 Å². The summed E-state index contributed by atoms with van der Waals surface area (Å²) in [5.74, 6) is 0.495. The monoisotopic (exact) mass is 243 g/mol. The highest BCUT2D eigenvalue weighted by Gasteiger charge is 2.35. The zero-order valence-corrected chi connectivity index (χ0v) is 11.0. The maximum atomic E-state index is 8.89. The third kappa shape index (κ3) is 3.41. The van der Waals surface area contributed by atoms with Gasteiger partial charge < -0.3 is 19.5 Å². The van der Waals surface area contributed by atoms with E-state index >= 15 is 0 Å². The van der Waals surface area contributed by atoms with Crippen molar-refractivity contribution in [3.05, 3.63) is 0 Å². The molecular formula is C13H25NO3. The van der Waals surface area contributed by atoms with Crippen LogP contribution in [0.25, 0.3) is 0 Å². The quantitative estimate of drug-likeness (QED) is 0.806. The Morgan fingerprint density at radius 2 is 2.24 bits per heavy atom. The molecule has 2 rings (SSSR count). The van der Waals surface area contributed by atoms with Crippen LogP contribution in [0.2, 0.25) is 0 Å². The molecule has 17 heavy (non-hydrogen) atoms. The van der Waals surface area contributed by atoms with Crippen molar-refractivity contribution < 1.29 is 14.6 Å². The van der Waals surface area contributed by atoms with E-state index in [2.05, 4.69) is 18.7 Å². The number of hydrogen-bond acceptors (Lipinski definition) is 4. The lowest BCUT2D eigenvalue weighted by molar-refractivity contribution is -0.115. The van der Waals surface area contributed by atoms with Gasteiger partial charge in [0.2, 0.25) is 0 Å². The SMILES string of the molecule is CC(C)N1CCCC(C2OCC(CCO)O2)C1. The first-order chi connectivity index (χ1) is 8.20. The van der Waals surface area contributed by atoms with Crippen LogP contribution in [-0.4, -0.2) is 54.7 Å². The molecule has 3 unspecified atom stereocenters. The lowest BCUT2D eigenvalue weighted by Gasteiger charge is -2.37. The molecule has 2 saturated heterocycles. The standard InChI is InChI=1S/C13H25NO3/c1-10(2)14-6-3-4-11(8-14)13-16-9-12(17-13)5-7-15/h10-13,15H,3-9H2,1-2H3. The zero-order valence-electron chi connectivity index (χ0n) is 11.0. The minimum atomic E-state index is -0.0481. The van der Waals surface area contributed by atoms with Crippen LogP contribution >= 0.6 is 0 Å². The van der Waals surface area contributed by atoms with Crippen molar-refractivity contribution >= 4 is 0 Å². The van der Waals surface area contributed by atoms with Gasteiger partial charge in [0.25, 0.3) is 0 Å². The summed E-state index contributed by atoms with van der Waals surface area (Å²) in [5, 5.41) is 8.89. The van der Waals surface area contributed by atoms with Gasteiger partial charge in [0.05, 0.1) is 12.7 Å². The van der Waals surface area contributed by atoms with Crippen LogP contribution in [0.4, 0.5) is 0 Å². The summed E-state index contributed by atoms with van der Waals surface area (Å²) in [5.41, 5.74) is 0. The third-order valence-corrected chi connectivity index (χ3v) is 3.83. The molecule has 0 aromatic heterocycles. The Labute approximate surface area is 104 Å². The summed E-state index contributed by atoms with van der Waals surface area (Å²) < 4.78 is 11.6. The summed E-state index contributed by atoms with van der Waals surface area (Å²) in [6, 6.07) is 0.604. The molecule has 4 heteroatoms. The number of hydrogen-bond donors (Lipinski definition) is 1. The third-order valence-electron chi connectivity index (χ3n) is 3.83. The van der Waals surface area contributed by atoms with E-state index in [0.717, 1.165) is 6.54 Å². The minimum absolute atomic E-state index is 0.0481. The Morgan fingerprint density at radius 1 is 1.41 bits per heavy atom. The van der Waals surface area contributed by atoms with Gasteiger partial charge in [0, 0.05) is 25.1 Å². The number of piperidine rings is 1. The number of ether oxygens (including phenoxy) is 2. The molecule has 1 N–H and O–H groups in total. The van der Waals surface area contributed by atoms with Crippen molar-refractivity contribution in [2.45, 2.75) is 51.5 Å². The van der Waals surface area contributed by atoms with Crippen molar-refractivity contribution in [2.75, 3.05) is 26.3 Å². The molecule has 0 aromatic rings. The van der Waals surface area contributed by atoms with Gasteiger partial charge in [0.1, 0.15) is 0 Å². The second-order valence-corrected chi connectivity index (χ2v) is 5.46. The van der Waals surface area contributed by atoms with Crippen molar-refractivity contribution in [1.82, 2.24) is 4.90 Å². The van der Waals surface area contributed by atoms with E-state index in [4.69, 9.17) is 14.6 Å². The molecule has 2 heterocycles. The van der Waals surface area contributed by atoms with E-state index in [1.54, 1.807) is 0 Å². The average molecular weight is 243 g/mol. The topological polar surface area (TPSA) is 41.9 Å². The molecule has 100 valence electrons. The molecule has 0 saturated carbocycles. The maximum absolute atomic E-state index is 8.89. The van der Waals surface area contributed by atoms with Crippen LogP contribution in [0.3, 0.4) is 0 Å². The predicted molar refractivity (Wildman–Crippen MR) is 65.7 cm³/mol.